The van der Waals surface area contributed by atoms with Crippen molar-refractivity contribution in [2.75, 3.05) is 13.7 Å². The third kappa shape index (κ3) is 3.54. The average Bonchev–Trinajstić information content (AvgIpc) is 2.52. The minimum atomic E-state index is -0.0335. The number of aryl methyl sites for hydroxylation is 1. The number of rotatable bonds is 7. The summed E-state index contributed by atoms with van der Waals surface area (Å²) < 4.78 is 7.22. The summed E-state index contributed by atoms with van der Waals surface area (Å²) in [6, 6.07) is 9.63. The van der Waals surface area contributed by atoms with Gasteiger partial charge in [-0.15, -0.1) is 0 Å². The van der Waals surface area contributed by atoms with Crippen molar-refractivity contribution >= 4 is 0 Å². The Balaban J connectivity index is 2.57. The number of ether oxygens (including phenoxy) is 1. The lowest BCUT2D eigenvalue weighted by Crippen LogP contribution is -2.28. The highest BCUT2D eigenvalue weighted by Gasteiger charge is 2.12. The van der Waals surface area contributed by atoms with Crippen LogP contribution in [0.2, 0.25) is 0 Å². The summed E-state index contributed by atoms with van der Waals surface area (Å²) >= 11 is 0. The van der Waals surface area contributed by atoms with Crippen LogP contribution in [0.25, 0.3) is 11.3 Å². The van der Waals surface area contributed by atoms with Crippen LogP contribution in [0.3, 0.4) is 0 Å². The Morgan fingerprint density at radius 1 is 1.27 bits per heavy atom. The molecule has 1 aromatic heterocycles. The van der Waals surface area contributed by atoms with E-state index in [4.69, 9.17) is 4.74 Å². The molecule has 1 heterocycles. The van der Waals surface area contributed by atoms with Crippen molar-refractivity contribution in [2.24, 2.45) is 0 Å². The highest BCUT2D eigenvalue weighted by molar-refractivity contribution is 5.67. The summed E-state index contributed by atoms with van der Waals surface area (Å²) in [5, 5.41) is 7.55. The van der Waals surface area contributed by atoms with Gasteiger partial charge in [0, 0.05) is 24.2 Å². The standard InChI is InChI=1S/C17H23N3O2/c1-4-10-20-17(21)13(12-18-3)11-15(19-20)14-8-6-7-9-16(14)22-5-2/h6-9,11,18H,4-5,10,12H2,1-3H3. The maximum Gasteiger partial charge on any atom is 0.271 e. The lowest BCUT2D eigenvalue weighted by Gasteiger charge is -2.13. The summed E-state index contributed by atoms with van der Waals surface area (Å²) in [5.41, 5.74) is 2.36. The molecule has 0 aliphatic rings. The average molecular weight is 301 g/mol. The van der Waals surface area contributed by atoms with Crippen molar-refractivity contribution in [1.82, 2.24) is 15.1 Å². The molecule has 0 amide bonds. The molecule has 0 unspecified atom stereocenters. The lowest BCUT2D eigenvalue weighted by atomic mass is 10.1. The van der Waals surface area contributed by atoms with Gasteiger partial charge in [0.05, 0.1) is 12.3 Å². The van der Waals surface area contributed by atoms with Gasteiger partial charge in [-0.1, -0.05) is 19.1 Å². The second-order valence-electron chi connectivity index (χ2n) is 5.04. The highest BCUT2D eigenvalue weighted by Crippen LogP contribution is 2.28. The first-order chi connectivity index (χ1) is 10.7. The quantitative estimate of drug-likeness (QED) is 0.853. The molecule has 0 fully saturated rings. The first-order valence-electron chi connectivity index (χ1n) is 7.69. The van der Waals surface area contributed by atoms with Crippen LogP contribution in [0.4, 0.5) is 0 Å². The Morgan fingerprint density at radius 2 is 2.05 bits per heavy atom. The molecule has 0 spiro atoms. The van der Waals surface area contributed by atoms with E-state index in [2.05, 4.69) is 10.4 Å². The minimum absolute atomic E-state index is 0.0335. The van der Waals surface area contributed by atoms with Crippen LogP contribution in [0.5, 0.6) is 5.75 Å². The number of hydrogen-bond donors (Lipinski definition) is 1. The molecule has 0 bridgehead atoms. The van der Waals surface area contributed by atoms with Gasteiger partial charge < -0.3 is 10.1 Å². The fraction of sp³-hybridized carbons (Fsp3) is 0.412. The van der Waals surface area contributed by atoms with Crippen LogP contribution < -0.4 is 15.6 Å². The first kappa shape index (κ1) is 16.2. The molecule has 1 N–H and O–H groups in total. The van der Waals surface area contributed by atoms with E-state index in [1.54, 1.807) is 4.68 Å². The van der Waals surface area contributed by atoms with Crippen molar-refractivity contribution in [3.63, 3.8) is 0 Å². The van der Waals surface area contributed by atoms with Crippen LogP contribution >= 0.6 is 0 Å². The highest BCUT2D eigenvalue weighted by atomic mass is 16.5. The van der Waals surface area contributed by atoms with E-state index in [0.717, 1.165) is 23.4 Å². The van der Waals surface area contributed by atoms with Gasteiger partial charge in [-0.05, 0) is 38.6 Å². The van der Waals surface area contributed by atoms with E-state index in [9.17, 15) is 4.79 Å². The molecule has 0 saturated heterocycles. The molecule has 5 nitrogen and oxygen atoms in total. The van der Waals surface area contributed by atoms with Crippen LogP contribution in [-0.2, 0) is 13.1 Å². The molecule has 22 heavy (non-hydrogen) atoms. The van der Waals surface area contributed by atoms with E-state index >= 15 is 0 Å². The molecular weight excluding hydrogens is 278 g/mol. The monoisotopic (exact) mass is 301 g/mol. The lowest BCUT2D eigenvalue weighted by molar-refractivity contribution is 0.341. The second-order valence-corrected chi connectivity index (χ2v) is 5.04. The molecule has 0 aliphatic carbocycles. The molecule has 1 aromatic carbocycles. The third-order valence-corrected chi connectivity index (χ3v) is 3.31. The Hall–Kier alpha value is -2.14. The van der Waals surface area contributed by atoms with Crippen molar-refractivity contribution in [3.05, 3.63) is 46.2 Å². The fourth-order valence-electron chi connectivity index (χ4n) is 2.37. The van der Waals surface area contributed by atoms with E-state index < -0.39 is 0 Å². The molecule has 0 aliphatic heterocycles. The predicted molar refractivity (Wildman–Crippen MR) is 88.2 cm³/mol. The second kappa shape index (κ2) is 7.75. The largest absolute Gasteiger partial charge is 0.493 e. The molecule has 0 atom stereocenters. The van der Waals surface area contributed by atoms with Crippen molar-refractivity contribution < 1.29 is 4.74 Å². The molecule has 5 heteroatoms. The van der Waals surface area contributed by atoms with Crippen LogP contribution in [-0.4, -0.2) is 23.4 Å². The number of benzene rings is 1. The number of nitrogens with zero attached hydrogens (tertiary/aromatic N) is 2. The Labute approximate surface area is 130 Å². The molecule has 118 valence electrons. The van der Waals surface area contributed by atoms with Crippen LogP contribution in [0, 0.1) is 0 Å². The summed E-state index contributed by atoms with van der Waals surface area (Å²) in [6.07, 6.45) is 0.864. The van der Waals surface area contributed by atoms with Crippen LogP contribution in [0.15, 0.2) is 35.1 Å². The van der Waals surface area contributed by atoms with Crippen molar-refractivity contribution in [2.45, 2.75) is 33.4 Å². The smallest absolute Gasteiger partial charge is 0.271 e. The predicted octanol–water partition coefficient (Wildman–Crippen LogP) is 2.44. The third-order valence-electron chi connectivity index (χ3n) is 3.31. The summed E-state index contributed by atoms with van der Waals surface area (Å²) in [7, 11) is 1.83. The van der Waals surface area contributed by atoms with Gasteiger partial charge in [0.15, 0.2) is 0 Å². The van der Waals surface area contributed by atoms with Gasteiger partial charge in [0.1, 0.15) is 5.75 Å². The summed E-state index contributed by atoms with van der Waals surface area (Å²) in [4.78, 5) is 12.4. The summed E-state index contributed by atoms with van der Waals surface area (Å²) in [5.74, 6) is 0.787. The maximum absolute atomic E-state index is 12.4. The zero-order chi connectivity index (χ0) is 15.9. The number of aromatic nitrogens is 2. The Kier molecular flexibility index (Phi) is 5.72. The molecule has 0 radical (unpaired) electrons. The van der Waals surface area contributed by atoms with Gasteiger partial charge in [0.2, 0.25) is 0 Å². The zero-order valence-corrected chi connectivity index (χ0v) is 13.4. The van der Waals surface area contributed by atoms with E-state index in [1.165, 1.54) is 0 Å². The van der Waals surface area contributed by atoms with Gasteiger partial charge in [-0.25, -0.2) is 4.68 Å². The first-order valence-corrected chi connectivity index (χ1v) is 7.69. The minimum Gasteiger partial charge on any atom is -0.493 e. The van der Waals surface area contributed by atoms with Crippen molar-refractivity contribution in [1.29, 1.82) is 0 Å². The number of para-hydroxylation sites is 1. The number of nitrogens with one attached hydrogen (secondary N) is 1. The number of hydrogen-bond acceptors (Lipinski definition) is 4. The van der Waals surface area contributed by atoms with Crippen LogP contribution in [0.1, 0.15) is 25.8 Å². The van der Waals surface area contributed by atoms with Gasteiger partial charge in [0.25, 0.3) is 5.56 Å². The summed E-state index contributed by atoms with van der Waals surface area (Å²) in [6.45, 7) is 5.71. The Morgan fingerprint density at radius 3 is 2.73 bits per heavy atom. The zero-order valence-electron chi connectivity index (χ0n) is 13.4. The molecular formula is C17H23N3O2. The van der Waals surface area contributed by atoms with Crippen molar-refractivity contribution in [3.8, 4) is 17.0 Å². The molecule has 0 saturated carbocycles. The van der Waals surface area contributed by atoms with E-state index in [1.807, 2.05) is 51.2 Å². The topological polar surface area (TPSA) is 56.1 Å². The van der Waals surface area contributed by atoms with Gasteiger partial charge >= 0.3 is 0 Å². The van der Waals surface area contributed by atoms with Gasteiger partial charge in [-0.2, -0.15) is 5.10 Å². The Bertz CT molecular complexity index is 650. The molecule has 2 rings (SSSR count). The van der Waals surface area contributed by atoms with E-state index in [-0.39, 0.29) is 5.56 Å². The SMILES string of the molecule is CCCn1nc(-c2ccccc2OCC)cc(CNC)c1=O. The van der Waals surface area contributed by atoms with E-state index in [0.29, 0.717) is 25.3 Å². The maximum atomic E-state index is 12.4. The van der Waals surface area contributed by atoms with Gasteiger partial charge in [-0.3, -0.25) is 4.79 Å². The fourth-order valence-corrected chi connectivity index (χ4v) is 2.37. The normalized spacial score (nSPS) is 10.7. The molecule has 2 aromatic rings.